The van der Waals surface area contributed by atoms with E-state index in [-0.39, 0.29) is 31.8 Å². The fraction of sp³-hybridized carbons (Fsp3) is 0.350. The van der Waals surface area contributed by atoms with E-state index in [2.05, 4.69) is 77.6 Å². The molecule has 0 aromatic heterocycles. The highest BCUT2D eigenvalue weighted by molar-refractivity contribution is 9.11. The summed E-state index contributed by atoms with van der Waals surface area (Å²) in [6, 6.07) is 8.09. The molecule has 9 heteroatoms. The zero-order chi connectivity index (χ0) is 22.2. The molecule has 2 rings (SSSR count). The van der Waals surface area contributed by atoms with E-state index in [1.165, 1.54) is 0 Å². The topological polar surface area (TPSA) is 76.0 Å². The van der Waals surface area contributed by atoms with E-state index >= 15 is 0 Å². The summed E-state index contributed by atoms with van der Waals surface area (Å²) in [5.74, 6) is 1.33. The van der Waals surface area contributed by atoms with Crippen LogP contribution in [0.4, 0.5) is 0 Å². The van der Waals surface area contributed by atoms with Crippen molar-refractivity contribution in [2.24, 2.45) is 0 Å². The summed E-state index contributed by atoms with van der Waals surface area (Å²) in [6.07, 6.45) is 0. The molecule has 0 radical (unpaired) electrons. The monoisotopic (exact) mass is 658 g/mol. The van der Waals surface area contributed by atoms with Gasteiger partial charge in [0.2, 0.25) is 0 Å². The normalized spacial score (nSPS) is 10.9. The lowest BCUT2D eigenvalue weighted by atomic mass is 9.78. The van der Waals surface area contributed by atoms with Gasteiger partial charge >= 0.3 is 0 Å². The van der Waals surface area contributed by atoms with Gasteiger partial charge in [0.25, 0.3) is 0 Å². The van der Waals surface area contributed by atoms with Gasteiger partial charge in [0, 0.05) is 5.41 Å². The van der Waals surface area contributed by atoms with Gasteiger partial charge < -0.3 is 24.5 Å². The molecule has 0 aliphatic rings. The second kappa shape index (κ2) is 12.4. The molecular weight excluding hydrogens is 640 g/mol. The van der Waals surface area contributed by atoms with Crippen LogP contribution in [0.3, 0.4) is 0 Å². The molecule has 0 saturated heterocycles. The van der Waals surface area contributed by atoms with Crippen LogP contribution >= 0.6 is 63.7 Å². The van der Waals surface area contributed by atoms with E-state index in [0.29, 0.717) is 11.5 Å². The zero-order valence-electron chi connectivity index (χ0n) is 16.0. The maximum atomic E-state index is 8.98. The fourth-order valence-corrected chi connectivity index (χ4v) is 5.41. The Morgan fingerprint density at radius 3 is 1.28 bits per heavy atom. The summed E-state index contributed by atoms with van der Waals surface area (Å²) in [7, 11) is 0. The summed E-state index contributed by atoms with van der Waals surface area (Å²) < 4.78 is 14.4. The van der Waals surface area contributed by atoms with Crippen molar-refractivity contribution < 1.29 is 24.5 Å². The smallest absolute Gasteiger partial charge is 0.147 e. The van der Waals surface area contributed by atoms with Gasteiger partial charge in [-0.05, 0) is 99.1 Å². The predicted molar refractivity (Wildman–Crippen MR) is 128 cm³/mol. The van der Waals surface area contributed by atoms with E-state index in [1.54, 1.807) is 0 Å². The summed E-state index contributed by atoms with van der Waals surface area (Å²) >= 11 is 14.3. The second-order valence-electron chi connectivity index (χ2n) is 6.31. The first kappa shape index (κ1) is 26.6. The van der Waals surface area contributed by atoms with Crippen LogP contribution in [0.2, 0.25) is 0 Å². The molecular formula is C20H22Br4O5. The molecule has 0 saturated carbocycles. The molecule has 160 valence electrons. The molecule has 2 N–H and O–H groups in total. The molecule has 0 amide bonds. The van der Waals surface area contributed by atoms with Crippen molar-refractivity contribution in [1.82, 2.24) is 0 Å². The lowest BCUT2D eigenvalue weighted by Gasteiger charge is -2.28. The van der Waals surface area contributed by atoms with Crippen LogP contribution < -0.4 is 9.47 Å². The molecule has 5 nitrogen and oxygen atoms in total. The van der Waals surface area contributed by atoms with Crippen LogP contribution in [-0.4, -0.2) is 43.4 Å². The first-order valence-electron chi connectivity index (χ1n) is 8.47. The molecule has 0 unspecified atom stereocenters. The summed E-state index contributed by atoms with van der Waals surface area (Å²) in [4.78, 5) is 8.00. The van der Waals surface area contributed by atoms with Crippen molar-refractivity contribution in [1.29, 1.82) is 0 Å². The minimum absolute atomic E-state index is 0.0428. The summed E-state index contributed by atoms with van der Waals surface area (Å²) in [5.41, 5.74) is 1.86. The van der Waals surface area contributed by atoms with Gasteiger partial charge in [-0.15, -0.1) is 0 Å². The number of aliphatic hydroxyl groups excluding tert-OH is 2. The molecule has 0 bridgehead atoms. The summed E-state index contributed by atoms with van der Waals surface area (Å²) in [6.45, 7) is 6.65. The SMILES string of the molecule is C=O.CC(C)(c1cc(Br)c(OCCO)c(Br)c1)c1cc(Br)c(OCCO)c(Br)c1. The van der Waals surface area contributed by atoms with Crippen molar-refractivity contribution in [3.8, 4) is 11.5 Å². The van der Waals surface area contributed by atoms with Crippen LogP contribution in [0.1, 0.15) is 25.0 Å². The Morgan fingerprint density at radius 1 is 0.759 bits per heavy atom. The molecule has 0 fully saturated rings. The molecule has 0 heterocycles. The number of benzene rings is 2. The standard InChI is InChI=1S/C19H20Br4O4.CH2O/c1-19(2,11-7-13(20)17(14(21)8-11)26-5-3-24)12-9-15(22)18(16(23)10-12)27-6-4-25;1-2/h7-10,24-25H,3-6H2,1-2H3;1H2. The predicted octanol–water partition coefficient (Wildman–Crippen LogP) is 5.62. The van der Waals surface area contributed by atoms with Crippen LogP contribution in [0.5, 0.6) is 11.5 Å². The first-order valence-corrected chi connectivity index (χ1v) is 11.6. The Morgan fingerprint density at radius 2 is 1.03 bits per heavy atom. The first-order chi connectivity index (χ1) is 13.7. The maximum Gasteiger partial charge on any atom is 0.147 e. The average Bonchev–Trinajstić information content (AvgIpc) is 2.68. The number of hydrogen-bond acceptors (Lipinski definition) is 5. The number of aliphatic hydroxyl groups is 2. The number of hydrogen-bond donors (Lipinski definition) is 2. The largest absolute Gasteiger partial charge is 0.489 e. The number of ether oxygens (including phenoxy) is 2. The Hall–Kier alpha value is -0.450. The van der Waals surface area contributed by atoms with Crippen molar-refractivity contribution in [2.75, 3.05) is 26.4 Å². The molecule has 29 heavy (non-hydrogen) atoms. The molecule has 0 aliphatic heterocycles. The minimum Gasteiger partial charge on any atom is -0.489 e. The Balaban J connectivity index is 0.00000204. The van der Waals surface area contributed by atoms with Crippen molar-refractivity contribution in [3.05, 3.63) is 53.3 Å². The van der Waals surface area contributed by atoms with Gasteiger partial charge in [0.1, 0.15) is 31.5 Å². The number of carbonyl (C=O) groups is 1. The highest BCUT2D eigenvalue weighted by Crippen LogP contribution is 2.44. The van der Waals surface area contributed by atoms with Crippen molar-refractivity contribution >= 4 is 70.5 Å². The van der Waals surface area contributed by atoms with Gasteiger partial charge in [-0.1, -0.05) is 13.8 Å². The van der Waals surface area contributed by atoms with E-state index in [1.807, 2.05) is 31.1 Å². The van der Waals surface area contributed by atoms with Crippen LogP contribution in [-0.2, 0) is 10.2 Å². The van der Waals surface area contributed by atoms with Crippen LogP contribution in [0.15, 0.2) is 42.2 Å². The highest BCUT2D eigenvalue weighted by atomic mass is 79.9. The minimum atomic E-state index is -0.304. The Kier molecular flexibility index (Phi) is 11.4. The van der Waals surface area contributed by atoms with Gasteiger partial charge in [-0.2, -0.15) is 0 Å². The van der Waals surface area contributed by atoms with Gasteiger partial charge in [-0.3, -0.25) is 0 Å². The van der Waals surface area contributed by atoms with Gasteiger partial charge in [-0.25, -0.2) is 0 Å². The zero-order valence-corrected chi connectivity index (χ0v) is 22.3. The average molecular weight is 662 g/mol. The van der Waals surface area contributed by atoms with Crippen molar-refractivity contribution in [2.45, 2.75) is 19.3 Å². The van der Waals surface area contributed by atoms with E-state index in [4.69, 9.17) is 24.5 Å². The van der Waals surface area contributed by atoms with Crippen LogP contribution in [0, 0.1) is 0 Å². The van der Waals surface area contributed by atoms with Gasteiger partial charge in [0.05, 0.1) is 31.1 Å². The molecule has 0 atom stereocenters. The Bertz CT molecular complexity index is 715. The van der Waals surface area contributed by atoms with E-state index < -0.39 is 0 Å². The quantitative estimate of drug-likeness (QED) is 0.384. The molecule has 0 spiro atoms. The lowest BCUT2D eigenvalue weighted by molar-refractivity contribution is -0.0979. The maximum absolute atomic E-state index is 8.98. The highest BCUT2D eigenvalue weighted by Gasteiger charge is 2.27. The van der Waals surface area contributed by atoms with Crippen molar-refractivity contribution in [3.63, 3.8) is 0 Å². The van der Waals surface area contributed by atoms with E-state index in [9.17, 15) is 0 Å². The molecule has 0 aliphatic carbocycles. The third-order valence-electron chi connectivity index (χ3n) is 4.12. The molecule has 2 aromatic carbocycles. The molecule has 2 aromatic rings. The van der Waals surface area contributed by atoms with Crippen LogP contribution in [0.25, 0.3) is 0 Å². The lowest BCUT2D eigenvalue weighted by Crippen LogP contribution is -2.19. The fourth-order valence-electron chi connectivity index (χ4n) is 2.58. The third kappa shape index (κ3) is 6.77. The second-order valence-corrected chi connectivity index (χ2v) is 9.72. The number of rotatable bonds is 8. The number of carbonyl (C=O) groups excluding carboxylic acids is 1. The third-order valence-corrected chi connectivity index (χ3v) is 6.47. The summed E-state index contributed by atoms with van der Waals surface area (Å²) in [5, 5.41) is 18.0. The number of halogens is 4. The van der Waals surface area contributed by atoms with Gasteiger partial charge in [0.15, 0.2) is 0 Å². The Labute approximate surface area is 204 Å². The van der Waals surface area contributed by atoms with E-state index in [0.717, 1.165) is 29.0 Å².